The van der Waals surface area contributed by atoms with Crippen molar-refractivity contribution in [2.75, 3.05) is 27.2 Å². The Morgan fingerprint density at radius 1 is 1.16 bits per heavy atom. The summed E-state index contributed by atoms with van der Waals surface area (Å²) in [7, 11) is 4.02. The highest BCUT2D eigenvalue weighted by Gasteiger charge is 2.38. The molecule has 19 heavy (non-hydrogen) atoms. The number of hydrogen-bond donors (Lipinski definition) is 0. The van der Waals surface area contributed by atoms with Gasteiger partial charge in [-0.2, -0.15) is 4.59 Å². The zero-order valence-electron chi connectivity index (χ0n) is 11.6. The van der Waals surface area contributed by atoms with Gasteiger partial charge in [-0.3, -0.25) is 4.79 Å². The summed E-state index contributed by atoms with van der Waals surface area (Å²) in [5, 5.41) is 4.63. The third-order valence-corrected chi connectivity index (χ3v) is 3.94. The second-order valence-corrected chi connectivity index (χ2v) is 5.71. The first-order valence-corrected chi connectivity index (χ1v) is 6.93. The van der Waals surface area contributed by atoms with E-state index in [4.69, 9.17) is 0 Å². The van der Waals surface area contributed by atoms with Crippen LogP contribution < -0.4 is 4.59 Å². The molecule has 1 saturated heterocycles. The molecule has 1 amide bonds. The Balaban J connectivity index is 1.95. The van der Waals surface area contributed by atoms with E-state index in [1.807, 2.05) is 37.2 Å². The summed E-state index contributed by atoms with van der Waals surface area (Å²) < 4.78 is 0.408. The fourth-order valence-electron chi connectivity index (χ4n) is 2.91. The molecular formula is C15H20N3O+. The molecule has 0 atom stereocenters. The molecule has 100 valence electrons. The largest absolute Gasteiger partial charge is 0.337 e. The summed E-state index contributed by atoms with van der Waals surface area (Å²) in [6, 6.07) is 8.03. The lowest BCUT2D eigenvalue weighted by molar-refractivity contribution is -0.124. The summed E-state index contributed by atoms with van der Waals surface area (Å²) in [5.74, 6) is 0.0934. The number of fused-ring (bicyclic) bond motifs is 1. The molecule has 0 spiro atoms. The van der Waals surface area contributed by atoms with Crippen LogP contribution in [0.2, 0.25) is 0 Å². The van der Waals surface area contributed by atoms with E-state index in [2.05, 4.69) is 11.2 Å². The molecular weight excluding hydrogens is 238 g/mol. The molecule has 2 heterocycles. The number of quaternary nitrogens is 1. The Kier molecular flexibility index (Phi) is 2.90. The van der Waals surface area contributed by atoms with Gasteiger partial charge in [-0.15, -0.1) is 0 Å². The van der Waals surface area contributed by atoms with Crippen molar-refractivity contribution in [1.29, 1.82) is 0 Å². The number of amides is 1. The Bertz CT molecular complexity index is 542. The molecule has 1 aromatic carbocycles. The first-order chi connectivity index (χ1) is 9.09. The van der Waals surface area contributed by atoms with Crippen molar-refractivity contribution in [3.8, 4) is 0 Å². The van der Waals surface area contributed by atoms with Crippen LogP contribution in [-0.2, 0) is 4.79 Å². The minimum absolute atomic E-state index is 0.0934. The van der Waals surface area contributed by atoms with Gasteiger partial charge in [-0.05, 0) is 25.3 Å². The van der Waals surface area contributed by atoms with Gasteiger partial charge >= 0.3 is 0 Å². The maximum Gasteiger partial charge on any atom is 0.278 e. The molecule has 1 fully saturated rings. The normalized spacial score (nSPS) is 20.9. The van der Waals surface area contributed by atoms with Crippen LogP contribution in [0.15, 0.2) is 29.4 Å². The third kappa shape index (κ3) is 2.06. The summed E-state index contributed by atoms with van der Waals surface area (Å²) in [4.78, 5) is 14.6. The standard InChI is InChI=1S/C15H20N3O/c1-18(2)13-9-5-4-8-12(13)14(16-18)15(19)17-10-6-3-7-11-17/h4-5,8-9H,3,6-7,10-11H2,1-2H3/q+1. The summed E-state index contributed by atoms with van der Waals surface area (Å²) in [6.45, 7) is 1.74. The predicted octanol–water partition coefficient (Wildman–Crippen LogP) is 1.98. The van der Waals surface area contributed by atoms with Crippen molar-refractivity contribution in [2.24, 2.45) is 5.10 Å². The van der Waals surface area contributed by atoms with Gasteiger partial charge in [0.15, 0.2) is 11.4 Å². The number of benzene rings is 1. The number of carbonyl (C=O) groups is 1. The number of hydrogen-bond acceptors (Lipinski definition) is 2. The quantitative estimate of drug-likeness (QED) is 0.709. The second kappa shape index (κ2) is 4.46. The molecule has 0 radical (unpaired) electrons. The van der Waals surface area contributed by atoms with Crippen LogP contribution in [0.3, 0.4) is 0 Å². The Labute approximate surface area is 113 Å². The van der Waals surface area contributed by atoms with E-state index in [0.717, 1.165) is 37.2 Å². The molecule has 0 aromatic heterocycles. The van der Waals surface area contributed by atoms with Crippen molar-refractivity contribution >= 4 is 17.3 Å². The molecule has 2 aliphatic rings. The lowest BCUT2D eigenvalue weighted by Crippen LogP contribution is -2.40. The maximum atomic E-state index is 12.6. The van der Waals surface area contributed by atoms with E-state index in [1.54, 1.807) is 0 Å². The molecule has 3 rings (SSSR count). The highest BCUT2D eigenvalue weighted by molar-refractivity contribution is 6.47. The third-order valence-electron chi connectivity index (χ3n) is 3.94. The number of likely N-dealkylation sites (tertiary alicyclic amines) is 1. The molecule has 0 unspecified atom stereocenters. The first kappa shape index (κ1) is 12.4. The smallest absolute Gasteiger partial charge is 0.278 e. The minimum atomic E-state index is 0.0934. The summed E-state index contributed by atoms with van der Waals surface area (Å²) >= 11 is 0. The summed E-state index contributed by atoms with van der Waals surface area (Å²) in [6.07, 6.45) is 3.45. The van der Waals surface area contributed by atoms with Gasteiger partial charge in [-0.1, -0.05) is 17.2 Å². The van der Waals surface area contributed by atoms with Crippen LogP contribution in [0.1, 0.15) is 24.8 Å². The van der Waals surface area contributed by atoms with Gasteiger partial charge in [0.2, 0.25) is 0 Å². The van der Waals surface area contributed by atoms with Gasteiger partial charge in [0.05, 0.1) is 19.7 Å². The molecule has 0 aliphatic carbocycles. The Morgan fingerprint density at radius 2 is 1.84 bits per heavy atom. The molecule has 0 saturated carbocycles. The Hall–Kier alpha value is -1.68. The SMILES string of the molecule is C[N+]1(C)N=C(C(=O)N2CCCCC2)c2ccccc21. The highest BCUT2D eigenvalue weighted by Crippen LogP contribution is 2.32. The van der Waals surface area contributed by atoms with Crippen molar-refractivity contribution in [1.82, 2.24) is 9.49 Å². The van der Waals surface area contributed by atoms with E-state index >= 15 is 0 Å². The monoisotopic (exact) mass is 258 g/mol. The first-order valence-electron chi connectivity index (χ1n) is 6.93. The van der Waals surface area contributed by atoms with Crippen LogP contribution in [0.4, 0.5) is 5.69 Å². The fraction of sp³-hybridized carbons (Fsp3) is 0.467. The number of rotatable bonds is 1. The predicted molar refractivity (Wildman–Crippen MR) is 77.1 cm³/mol. The molecule has 4 heteroatoms. The number of nitrogens with zero attached hydrogens (tertiary/aromatic N) is 3. The number of para-hydroxylation sites is 1. The van der Waals surface area contributed by atoms with Gasteiger partial charge in [0, 0.05) is 19.2 Å². The van der Waals surface area contributed by atoms with Crippen molar-refractivity contribution in [3.63, 3.8) is 0 Å². The Morgan fingerprint density at radius 3 is 2.58 bits per heavy atom. The average Bonchev–Trinajstić information content (AvgIpc) is 2.72. The van der Waals surface area contributed by atoms with E-state index in [0.29, 0.717) is 10.3 Å². The lowest BCUT2D eigenvalue weighted by Gasteiger charge is -2.26. The van der Waals surface area contributed by atoms with E-state index in [9.17, 15) is 4.79 Å². The second-order valence-electron chi connectivity index (χ2n) is 5.71. The summed E-state index contributed by atoms with van der Waals surface area (Å²) in [5.41, 5.74) is 2.72. The average molecular weight is 258 g/mol. The highest BCUT2D eigenvalue weighted by atomic mass is 16.2. The van der Waals surface area contributed by atoms with Gasteiger partial charge in [-0.25, -0.2) is 0 Å². The molecule has 0 bridgehead atoms. The number of carbonyl (C=O) groups excluding carboxylic acids is 1. The zero-order valence-corrected chi connectivity index (χ0v) is 11.6. The van der Waals surface area contributed by atoms with E-state index < -0.39 is 0 Å². The molecule has 0 N–H and O–H groups in total. The molecule has 2 aliphatic heterocycles. The van der Waals surface area contributed by atoms with Gasteiger partial charge < -0.3 is 4.90 Å². The fourth-order valence-corrected chi connectivity index (χ4v) is 2.91. The van der Waals surface area contributed by atoms with Crippen molar-refractivity contribution in [3.05, 3.63) is 29.8 Å². The lowest BCUT2D eigenvalue weighted by atomic mass is 10.1. The van der Waals surface area contributed by atoms with Crippen molar-refractivity contribution < 1.29 is 4.79 Å². The topological polar surface area (TPSA) is 32.7 Å². The zero-order chi connectivity index (χ0) is 13.5. The maximum absolute atomic E-state index is 12.6. The van der Waals surface area contributed by atoms with Crippen LogP contribution in [0.5, 0.6) is 0 Å². The van der Waals surface area contributed by atoms with E-state index in [1.165, 1.54) is 6.42 Å². The van der Waals surface area contributed by atoms with Crippen LogP contribution in [0, 0.1) is 0 Å². The van der Waals surface area contributed by atoms with E-state index in [-0.39, 0.29) is 5.91 Å². The van der Waals surface area contributed by atoms with Crippen molar-refractivity contribution in [2.45, 2.75) is 19.3 Å². The van der Waals surface area contributed by atoms with Crippen LogP contribution >= 0.6 is 0 Å². The van der Waals surface area contributed by atoms with Crippen LogP contribution in [-0.4, -0.2) is 43.7 Å². The molecule has 4 nitrogen and oxygen atoms in total. The van der Waals surface area contributed by atoms with Gasteiger partial charge in [0.25, 0.3) is 5.91 Å². The van der Waals surface area contributed by atoms with Crippen LogP contribution in [0.25, 0.3) is 0 Å². The van der Waals surface area contributed by atoms with Gasteiger partial charge in [0.1, 0.15) is 0 Å². The molecule has 1 aromatic rings. The minimum Gasteiger partial charge on any atom is -0.337 e. The number of piperidine rings is 1.